The second kappa shape index (κ2) is 20.0. The van der Waals surface area contributed by atoms with Crippen LogP contribution in [0.1, 0.15) is 70.2 Å². The Morgan fingerprint density at radius 3 is 1.98 bits per heavy atom. The van der Waals surface area contributed by atoms with Crippen LogP contribution in [0.3, 0.4) is 0 Å². The average Bonchev–Trinajstić information content (AvgIpc) is 3.55. The van der Waals surface area contributed by atoms with E-state index >= 15 is 0 Å². The number of nitrogens with one attached hydrogen (secondary N) is 2. The summed E-state index contributed by atoms with van der Waals surface area (Å²) in [5.41, 5.74) is 0.714. The molecule has 0 saturated carbocycles. The minimum atomic E-state index is -4.61. The van der Waals surface area contributed by atoms with Crippen LogP contribution in [-0.4, -0.2) is 104 Å². The van der Waals surface area contributed by atoms with E-state index in [2.05, 4.69) is 15.6 Å². The molecule has 1 aromatic heterocycles. The van der Waals surface area contributed by atoms with Crippen LogP contribution in [0, 0.1) is 10.8 Å². The fourth-order valence-corrected chi connectivity index (χ4v) is 8.36. The van der Waals surface area contributed by atoms with Gasteiger partial charge in [-0.3, -0.25) is 19.5 Å². The normalized spacial score (nSPS) is 15.9. The second-order valence-electron chi connectivity index (χ2n) is 18.4. The summed E-state index contributed by atoms with van der Waals surface area (Å²) in [5, 5.41) is 28.2. The lowest BCUT2D eigenvalue weighted by molar-refractivity contribution is -0.138. The number of benzene rings is 3. The van der Waals surface area contributed by atoms with E-state index in [0.29, 0.717) is 0 Å². The molecule has 1 aliphatic heterocycles. The number of carbonyl (C=O) groups excluding carboxylic acids is 3. The third-order valence-electron chi connectivity index (χ3n) is 11.3. The highest BCUT2D eigenvalue weighted by Gasteiger charge is 2.45. The predicted molar refractivity (Wildman–Crippen MR) is 234 cm³/mol. The van der Waals surface area contributed by atoms with Gasteiger partial charge in [-0.05, 0) is 65.0 Å². The van der Waals surface area contributed by atoms with Crippen molar-refractivity contribution >= 4 is 23.9 Å². The summed E-state index contributed by atoms with van der Waals surface area (Å²) in [6.07, 6.45) is -5.12. The summed E-state index contributed by atoms with van der Waals surface area (Å²) in [6, 6.07) is 23.1. The number of rotatable bonds is 16. The lowest BCUT2D eigenvalue weighted by Crippen LogP contribution is -2.59. The first-order valence-electron chi connectivity index (χ1n) is 21.0. The average molecular weight is 873 g/mol. The van der Waals surface area contributed by atoms with Crippen molar-refractivity contribution in [3.05, 3.63) is 126 Å². The Labute approximate surface area is 367 Å². The van der Waals surface area contributed by atoms with Crippen LogP contribution >= 0.6 is 0 Å². The lowest BCUT2D eigenvalue weighted by Gasteiger charge is -2.38. The highest BCUT2D eigenvalue weighted by atomic mass is 19.4. The molecule has 15 heteroatoms. The van der Waals surface area contributed by atoms with Gasteiger partial charge in [-0.2, -0.15) is 13.2 Å². The van der Waals surface area contributed by atoms with Crippen molar-refractivity contribution in [3.63, 3.8) is 0 Å². The number of hydrogen-bond acceptors (Lipinski definition) is 6. The summed E-state index contributed by atoms with van der Waals surface area (Å²) in [6.45, 7) is 10.5. The number of aliphatic hydroxyl groups excluding tert-OH is 1. The molecule has 5 amide bonds. The Hall–Kier alpha value is -5.96. The number of likely N-dealkylation sites (N-methyl/N-ethyl adjacent to an activating group) is 1. The van der Waals surface area contributed by atoms with E-state index in [4.69, 9.17) is 0 Å². The zero-order chi connectivity index (χ0) is 46.3. The van der Waals surface area contributed by atoms with Crippen LogP contribution in [-0.2, 0) is 35.2 Å². The van der Waals surface area contributed by atoms with Crippen molar-refractivity contribution in [2.75, 3.05) is 20.1 Å². The molecule has 12 nitrogen and oxygen atoms in total. The number of amides is 5. The van der Waals surface area contributed by atoms with E-state index in [9.17, 15) is 42.6 Å². The van der Waals surface area contributed by atoms with Gasteiger partial charge in [0.1, 0.15) is 12.1 Å². The Morgan fingerprint density at radius 2 is 1.40 bits per heavy atom. The molecule has 338 valence electrons. The summed E-state index contributed by atoms with van der Waals surface area (Å²) >= 11 is 0. The predicted octanol–water partition coefficient (Wildman–Crippen LogP) is 7.65. The zero-order valence-corrected chi connectivity index (χ0v) is 36.9. The maximum absolute atomic E-state index is 14.6. The van der Waals surface area contributed by atoms with Gasteiger partial charge >= 0.3 is 18.3 Å². The van der Waals surface area contributed by atoms with Crippen molar-refractivity contribution in [1.82, 2.24) is 30.3 Å². The molecule has 0 bridgehead atoms. The largest absolute Gasteiger partial charge is 0.465 e. The first kappa shape index (κ1) is 48.1. The van der Waals surface area contributed by atoms with Gasteiger partial charge in [0.05, 0.1) is 23.4 Å². The summed E-state index contributed by atoms with van der Waals surface area (Å²) in [7, 11) is 1.33. The Balaban J connectivity index is 1.43. The van der Waals surface area contributed by atoms with Crippen LogP contribution in [0.15, 0.2) is 103 Å². The third kappa shape index (κ3) is 12.6. The van der Waals surface area contributed by atoms with E-state index in [1.54, 1.807) is 47.7 Å². The number of halogens is 3. The quantitative estimate of drug-likeness (QED) is 0.0902. The number of aliphatic hydroxyl groups is 1. The van der Waals surface area contributed by atoms with Gasteiger partial charge in [0.25, 0.3) is 0 Å². The van der Waals surface area contributed by atoms with E-state index in [-0.39, 0.29) is 44.5 Å². The van der Waals surface area contributed by atoms with Crippen molar-refractivity contribution in [2.45, 2.75) is 104 Å². The molecule has 63 heavy (non-hydrogen) atoms. The minimum Gasteiger partial charge on any atom is -0.465 e. The highest BCUT2D eigenvalue weighted by Crippen LogP contribution is 2.34. The molecule has 1 aliphatic rings. The molecule has 0 spiro atoms. The minimum absolute atomic E-state index is 0.0581. The number of alkyl halides is 3. The molecule has 0 unspecified atom stereocenters. The molecule has 2 heterocycles. The third-order valence-corrected chi connectivity index (χ3v) is 11.3. The monoisotopic (exact) mass is 872 g/mol. The van der Waals surface area contributed by atoms with Crippen LogP contribution < -0.4 is 10.6 Å². The first-order valence-corrected chi connectivity index (χ1v) is 21.0. The van der Waals surface area contributed by atoms with Gasteiger partial charge in [0, 0.05) is 44.5 Å². The van der Waals surface area contributed by atoms with Gasteiger partial charge in [0.2, 0.25) is 11.8 Å². The van der Waals surface area contributed by atoms with Gasteiger partial charge in [-0.15, -0.1) is 0 Å². The molecule has 1 saturated heterocycles. The maximum atomic E-state index is 14.6. The number of aromatic nitrogens is 1. The van der Waals surface area contributed by atoms with Crippen LogP contribution in [0.4, 0.5) is 22.8 Å². The van der Waals surface area contributed by atoms with E-state index < -0.39 is 76.8 Å². The molecule has 4 N–H and O–H groups in total. The SMILES string of the molecule is CN(C(=O)O)[C@H](C(=O)N[C@@H](Cc1ccc(-c2ccccn2)cc1)C[C@H](O)[C@H](Cc1ccccc1)NC(=O)[C@@H](N1CCN(Cc2ccccc2C(F)(F)F)C1=O)C(C)(C)C)C(C)(C)C. The van der Waals surface area contributed by atoms with Crippen molar-refractivity contribution < 1.29 is 42.6 Å². The van der Waals surface area contributed by atoms with Gasteiger partial charge < -0.3 is 30.6 Å². The summed E-state index contributed by atoms with van der Waals surface area (Å²) in [4.78, 5) is 62.9. The number of hydrogen-bond donors (Lipinski definition) is 4. The molecule has 3 aromatic carbocycles. The highest BCUT2D eigenvalue weighted by molar-refractivity contribution is 5.89. The number of nitrogens with zero attached hydrogens (tertiary/aromatic N) is 4. The zero-order valence-electron chi connectivity index (χ0n) is 36.9. The van der Waals surface area contributed by atoms with Crippen molar-refractivity contribution in [1.29, 1.82) is 0 Å². The smallest absolute Gasteiger partial charge is 0.416 e. The van der Waals surface area contributed by atoms with Crippen molar-refractivity contribution in [3.8, 4) is 11.3 Å². The summed E-state index contributed by atoms with van der Waals surface area (Å²) in [5.74, 6) is -1.11. The standard InChI is InChI=1S/C48H59F3N6O6/c1-46(2,3)40(55(7)45(62)63)42(59)53-35(27-32-20-22-33(23-21-32)37-19-13-14-24-52-37)29-39(58)38(28-31-15-9-8-10-16-31)54-43(60)41(47(4,5)6)57-26-25-56(44(57)61)30-34-17-11-12-18-36(34)48(49,50)51/h8-24,35,38-41,58H,25-30H2,1-7H3,(H,53,59)(H,54,60)(H,62,63)/t35-,38-,39-,40+,41+/m0/s1. The van der Waals surface area contributed by atoms with E-state index in [0.717, 1.165) is 33.4 Å². The van der Waals surface area contributed by atoms with Gasteiger partial charge in [-0.25, -0.2) is 9.59 Å². The number of carbonyl (C=O) groups is 4. The van der Waals surface area contributed by atoms with Gasteiger partial charge in [0.15, 0.2) is 0 Å². The number of urea groups is 1. The molecule has 5 atom stereocenters. The Kier molecular flexibility index (Phi) is 15.3. The Morgan fingerprint density at radius 1 is 0.778 bits per heavy atom. The Bertz CT molecular complexity index is 2180. The molecule has 5 rings (SSSR count). The summed E-state index contributed by atoms with van der Waals surface area (Å²) < 4.78 is 41.6. The van der Waals surface area contributed by atoms with Crippen LogP contribution in [0.25, 0.3) is 11.3 Å². The topological polar surface area (TPSA) is 155 Å². The van der Waals surface area contributed by atoms with E-state index in [1.807, 2.05) is 72.8 Å². The number of pyridine rings is 1. The first-order chi connectivity index (χ1) is 29.5. The second-order valence-corrected chi connectivity index (χ2v) is 18.4. The van der Waals surface area contributed by atoms with Crippen LogP contribution in [0.2, 0.25) is 0 Å². The fourth-order valence-electron chi connectivity index (χ4n) is 8.36. The number of carboxylic acid groups (broad SMARTS) is 1. The molecular formula is C48H59F3N6O6. The van der Waals surface area contributed by atoms with Crippen molar-refractivity contribution in [2.24, 2.45) is 10.8 Å². The van der Waals surface area contributed by atoms with E-state index in [1.165, 1.54) is 35.0 Å². The van der Waals surface area contributed by atoms with Crippen LogP contribution in [0.5, 0.6) is 0 Å². The lowest BCUT2D eigenvalue weighted by atomic mass is 9.84. The molecule has 4 aromatic rings. The molecule has 1 fully saturated rings. The molecule has 0 aliphatic carbocycles. The maximum Gasteiger partial charge on any atom is 0.416 e. The van der Waals surface area contributed by atoms with Gasteiger partial charge in [-0.1, -0.05) is 120 Å². The fraction of sp³-hybridized carbons (Fsp3) is 0.438. The molecule has 0 radical (unpaired) electrons. The molecular weight excluding hydrogens is 814 g/mol.